The maximum Gasteiger partial charge on any atom is 0.255 e. The fourth-order valence-corrected chi connectivity index (χ4v) is 6.68. The molecule has 158 valence electrons. The molecule has 3 N–H and O–H groups in total. The summed E-state index contributed by atoms with van der Waals surface area (Å²) in [6.07, 6.45) is 7.85. The van der Waals surface area contributed by atoms with Crippen molar-refractivity contribution in [3.63, 3.8) is 0 Å². The van der Waals surface area contributed by atoms with Gasteiger partial charge < -0.3 is 20.5 Å². The lowest BCUT2D eigenvalue weighted by molar-refractivity contribution is -0.00617. The number of ether oxygens (including phenoxy) is 2. The van der Waals surface area contributed by atoms with Gasteiger partial charge in [0.15, 0.2) is 0 Å². The standard InChI is InChI=1S/C25H30N2O3/c1-29-19-4-5-22(21(26)11-19)27-24(28)18-3-6-23(30-2)20(10-18)25-12-15-7-16(13-25)9-17(8-15)14-25/h3-6,10-11,15-17H,7-9,12-14,26H2,1-2H3,(H,27,28). The number of rotatable bonds is 5. The Bertz CT molecular complexity index is 949. The number of amides is 1. The lowest BCUT2D eigenvalue weighted by atomic mass is 9.48. The number of benzene rings is 2. The topological polar surface area (TPSA) is 73.6 Å². The summed E-state index contributed by atoms with van der Waals surface area (Å²) in [7, 11) is 3.33. The molecule has 4 saturated carbocycles. The van der Waals surface area contributed by atoms with Crippen LogP contribution in [0.2, 0.25) is 0 Å². The Kier molecular flexibility index (Phi) is 4.64. The maximum absolute atomic E-state index is 13.1. The third kappa shape index (κ3) is 3.21. The zero-order chi connectivity index (χ0) is 20.9. The van der Waals surface area contributed by atoms with E-state index in [1.54, 1.807) is 32.4 Å². The van der Waals surface area contributed by atoms with Gasteiger partial charge in [-0.2, -0.15) is 0 Å². The van der Waals surface area contributed by atoms with Crippen LogP contribution in [-0.2, 0) is 5.41 Å². The van der Waals surface area contributed by atoms with Crippen molar-refractivity contribution in [3.8, 4) is 11.5 Å². The average Bonchev–Trinajstić information content (AvgIpc) is 2.73. The summed E-state index contributed by atoms with van der Waals surface area (Å²) in [6, 6.07) is 11.2. The Balaban J connectivity index is 1.46. The molecule has 4 bridgehead atoms. The number of anilines is 2. The van der Waals surface area contributed by atoms with Gasteiger partial charge in [0, 0.05) is 17.2 Å². The number of nitrogen functional groups attached to an aromatic ring is 1. The van der Waals surface area contributed by atoms with Crippen molar-refractivity contribution in [1.29, 1.82) is 0 Å². The van der Waals surface area contributed by atoms with E-state index in [9.17, 15) is 4.79 Å². The molecular weight excluding hydrogens is 376 g/mol. The van der Waals surface area contributed by atoms with Gasteiger partial charge in [-0.15, -0.1) is 0 Å². The van der Waals surface area contributed by atoms with Crippen LogP contribution in [-0.4, -0.2) is 20.1 Å². The maximum atomic E-state index is 13.1. The number of methoxy groups -OCH3 is 2. The van der Waals surface area contributed by atoms with Crippen molar-refractivity contribution >= 4 is 17.3 Å². The van der Waals surface area contributed by atoms with Crippen LogP contribution in [0, 0.1) is 17.8 Å². The van der Waals surface area contributed by atoms with Gasteiger partial charge in [0.1, 0.15) is 11.5 Å². The second-order valence-corrected chi connectivity index (χ2v) is 9.52. The molecule has 0 atom stereocenters. The average molecular weight is 407 g/mol. The summed E-state index contributed by atoms with van der Waals surface area (Å²) >= 11 is 0. The van der Waals surface area contributed by atoms with Crippen LogP contribution >= 0.6 is 0 Å². The van der Waals surface area contributed by atoms with Gasteiger partial charge in [0.05, 0.1) is 25.6 Å². The summed E-state index contributed by atoms with van der Waals surface area (Å²) in [6.45, 7) is 0. The van der Waals surface area contributed by atoms with Gasteiger partial charge in [-0.1, -0.05) is 0 Å². The lowest BCUT2D eigenvalue weighted by Gasteiger charge is -2.57. The highest BCUT2D eigenvalue weighted by Gasteiger charge is 2.52. The van der Waals surface area contributed by atoms with Crippen LogP contribution in [0.25, 0.3) is 0 Å². The van der Waals surface area contributed by atoms with E-state index < -0.39 is 0 Å². The van der Waals surface area contributed by atoms with E-state index >= 15 is 0 Å². The Morgan fingerprint density at radius 2 is 1.63 bits per heavy atom. The van der Waals surface area contributed by atoms with Crippen molar-refractivity contribution in [3.05, 3.63) is 47.5 Å². The second kappa shape index (κ2) is 7.22. The summed E-state index contributed by atoms with van der Waals surface area (Å²) in [5.74, 6) is 3.92. The highest BCUT2D eigenvalue weighted by atomic mass is 16.5. The highest BCUT2D eigenvalue weighted by molar-refractivity contribution is 6.06. The molecule has 0 aliphatic heterocycles. The van der Waals surface area contributed by atoms with Crippen LogP contribution in [0.1, 0.15) is 54.4 Å². The minimum atomic E-state index is -0.152. The summed E-state index contributed by atoms with van der Waals surface area (Å²) in [5.41, 5.74) is 9.19. The first-order valence-corrected chi connectivity index (χ1v) is 10.9. The van der Waals surface area contributed by atoms with Crippen molar-refractivity contribution in [2.75, 3.05) is 25.3 Å². The van der Waals surface area contributed by atoms with Crippen molar-refractivity contribution in [2.45, 2.75) is 43.9 Å². The Morgan fingerprint density at radius 3 is 2.20 bits per heavy atom. The van der Waals surface area contributed by atoms with Gasteiger partial charge in [-0.25, -0.2) is 0 Å². The number of nitrogens with two attached hydrogens (primary N) is 1. The van der Waals surface area contributed by atoms with Gasteiger partial charge in [0.25, 0.3) is 5.91 Å². The lowest BCUT2D eigenvalue weighted by Crippen LogP contribution is -2.48. The van der Waals surface area contributed by atoms with Gasteiger partial charge in [-0.05, 0) is 92.0 Å². The molecule has 0 spiro atoms. The van der Waals surface area contributed by atoms with Crippen molar-refractivity contribution in [1.82, 2.24) is 0 Å². The molecule has 2 aromatic carbocycles. The van der Waals surface area contributed by atoms with Crippen molar-refractivity contribution < 1.29 is 14.3 Å². The molecular formula is C25H30N2O3. The molecule has 6 rings (SSSR count). The first-order valence-electron chi connectivity index (χ1n) is 10.9. The molecule has 4 fully saturated rings. The molecule has 4 aliphatic rings. The van der Waals surface area contributed by atoms with Crippen LogP contribution in [0.3, 0.4) is 0 Å². The van der Waals surface area contributed by atoms with Crippen LogP contribution in [0.4, 0.5) is 11.4 Å². The van der Waals surface area contributed by atoms with E-state index in [0.717, 1.165) is 23.5 Å². The number of hydrogen-bond acceptors (Lipinski definition) is 4. The van der Waals surface area contributed by atoms with Crippen LogP contribution < -0.4 is 20.5 Å². The highest BCUT2D eigenvalue weighted by Crippen LogP contribution is 2.61. The molecule has 0 aromatic heterocycles. The molecule has 30 heavy (non-hydrogen) atoms. The Morgan fingerprint density at radius 1 is 0.967 bits per heavy atom. The molecule has 0 radical (unpaired) electrons. The molecule has 4 aliphatic carbocycles. The fraction of sp³-hybridized carbons (Fsp3) is 0.480. The largest absolute Gasteiger partial charge is 0.497 e. The monoisotopic (exact) mass is 406 g/mol. The summed E-state index contributed by atoms with van der Waals surface area (Å²) < 4.78 is 11.0. The number of nitrogens with one attached hydrogen (secondary N) is 1. The molecule has 0 heterocycles. The zero-order valence-electron chi connectivity index (χ0n) is 17.7. The molecule has 1 amide bonds. The summed E-state index contributed by atoms with van der Waals surface area (Å²) in [4.78, 5) is 13.1. The fourth-order valence-electron chi connectivity index (χ4n) is 6.68. The zero-order valence-corrected chi connectivity index (χ0v) is 17.7. The van der Waals surface area contributed by atoms with E-state index in [2.05, 4.69) is 11.4 Å². The Labute approximate surface area is 177 Å². The first kappa shape index (κ1) is 19.3. The molecule has 0 unspecified atom stereocenters. The number of carbonyl (C=O) groups is 1. The molecule has 5 heteroatoms. The molecule has 2 aromatic rings. The predicted molar refractivity (Wildman–Crippen MR) is 118 cm³/mol. The number of carbonyl (C=O) groups excluding carboxylic acids is 1. The van der Waals surface area contributed by atoms with Crippen molar-refractivity contribution in [2.24, 2.45) is 17.8 Å². The number of hydrogen-bond donors (Lipinski definition) is 2. The third-order valence-electron chi connectivity index (χ3n) is 7.58. The van der Waals surface area contributed by atoms with Crippen LogP contribution in [0.5, 0.6) is 11.5 Å². The second-order valence-electron chi connectivity index (χ2n) is 9.52. The normalized spacial score (nSPS) is 28.9. The van der Waals surface area contributed by atoms with E-state index in [1.807, 2.05) is 12.1 Å². The molecule has 0 saturated heterocycles. The van der Waals surface area contributed by atoms with E-state index in [-0.39, 0.29) is 11.3 Å². The van der Waals surface area contributed by atoms with Gasteiger partial charge in [-0.3, -0.25) is 4.79 Å². The summed E-state index contributed by atoms with van der Waals surface area (Å²) in [5, 5.41) is 2.96. The predicted octanol–water partition coefficient (Wildman–Crippen LogP) is 5.01. The van der Waals surface area contributed by atoms with Crippen LogP contribution in [0.15, 0.2) is 36.4 Å². The Hall–Kier alpha value is -2.69. The minimum Gasteiger partial charge on any atom is -0.497 e. The van der Waals surface area contributed by atoms with E-state index in [4.69, 9.17) is 15.2 Å². The van der Waals surface area contributed by atoms with E-state index in [1.165, 1.54) is 44.1 Å². The van der Waals surface area contributed by atoms with Gasteiger partial charge >= 0.3 is 0 Å². The molecule has 5 nitrogen and oxygen atoms in total. The minimum absolute atomic E-state index is 0.152. The SMILES string of the molecule is COc1ccc(NC(=O)c2ccc(OC)c(C34CC5CC(CC(C5)C3)C4)c2)c(N)c1. The first-order chi connectivity index (χ1) is 14.5. The van der Waals surface area contributed by atoms with Gasteiger partial charge in [0.2, 0.25) is 0 Å². The quantitative estimate of drug-likeness (QED) is 0.685. The van der Waals surface area contributed by atoms with E-state index in [0.29, 0.717) is 22.7 Å². The third-order valence-corrected chi connectivity index (χ3v) is 7.58. The smallest absolute Gasteiger partial charge is 0.255 e.